The third-order valence-electron chi connectivity index (χ3n) is 19.9. The molecule has 637 valence electrons. The summed E-state index contributed by atoms with van der Waals surface area (Å²) in [5.74, 6) is 9.10. The minimum absolute atomic E-state index is 0. The molecule has 8 atom stereocenters. The molecular weight excluding hydrogens is 1490 g/mol. The van der Waals surface area contributed by atoms with Crippen LogP contribution in [0.15, 0.2) is 12.3 Å². The first kappa shape index (κ1) is 122. The van der Waals surface area contributed by atoms with E-state index in [4.69, 9.17) is 0 Å². The number of rotatable bonds is 7. The number of likely N-dealkylation sites (tertiary alicyclic amines) is 2. The van der Waals surface area contributed by atoms with E-state index in [-0.39, 0.29) is 84.9 Å². The molecule has 3 amide bonds. The number of hydrogen-bond donors (Lipinski definition) is 0. The van der Waals surface area contributed by atoms with Gasteiger partial charge in [-0.25, -0.2) is 25.9 Å². The van der Waals surface area contributed by atoms with Crippen molar-refractivity contribution < 1.29 is 71.8 Å². The summed E-state index contributed by atoms with van der Waals surface area (Å²) < 4.78 is 89.8. The topological polar surface area (TPSA) is 183 Å². The Hall–Kier alpha value is -0.816. The molecule has 0 aromatic rings. The van der Waals surface area contributed by atoms with Crippen molar-refractivity contribution in [2.24, 2.45) is 29.6 Å². The summed E-state index contributed by atoms with van der Waals surface area (Å²) in [7, 11) is -7.51. The Bertz CT molecular complexity index is 2630. The van der Waals surface area contributed by atoms with Gasteiger partial charge in [0.1, 0.15) is 0 Å². The van der Waals surface area contributed by atoms with Crippen LogP contribution in [0.4, 0.5) is 4.79 Å². The molecule has 8 unspecified atom stereocenters. The van der Waals surface area contributed by atoms with E-state index in [0.29, 0.717) is 67.4 Å². The SMILES string of the molecule is C=C1CC2CCCCC2CN1C(C)C.C=S1(=O)CC2CCCCC2CN1C(C)C.CC.CC.CC.CC.CC.CC.CC.CC.CC.CC(C)N1CC2CCCCN2C1=O.CC(C)N1CC2CCCCN2S1(=O)=O.CC(C)N1CCCC1=O.CC(C)N1CCCS1(=O)=O.[B].[B].[CH2-]N1CCC(C(C)C)S1(=O)=O.[Y]. The molecule has 9 heterocycles. The van der Waals surface area contributed by atoms with Gasteiger partial charge in [-0.15, -0.1) is 0 Å². The second-order valence-electron chi connectivity index (χ2n) is 28.5. The van der Waals surface area contributed by atoms with Crippen molar-refractivity contribution in [3.63, 3.8) is 0 Å². The van der Waals surface area contributed by atoms with Crippen molar-refractivity contribution in [1.29, 1.82) is 0 Å². The number of carbonyl (C=O) groups excluding carboxylic acids is 2. The Balaban J connectivity index is -0.000000172. The van der Waals surface area contributed by atoms with Gasteiger partial charge >= 0.3 is 6.03 Å². The molecule has 11 aliphatic rings. The molecule has 107 heavy (non-hydrogen) atoms. The van der Waals surface area contributed by atoms with E-state index in [1.165, 1.54) is 100 Å². The van der Waals surface area contributed by atoms with Crippen LogP contribution in [-0.2, 0) is 77.5 Å². The average molecular weight is 1670 g/mol. The van der Waals surface area contributed by atoms with Gasteiger partial charge < -0.3 is 23.9 Å². The van der Waals surface area contributed by atoms with E-state index >= 15 is 0 Å². The zero-order chi connectivity index (χ0) is 82.2. The van der Waals surface area contributed by atoms with Crippen molar-refractivity contribution in [1.82, 2.24) is 41.1 Å². The average Bonchev–Trinajstić information content (AvgIpc) is 1.61. The van der Waals surface area contributed by atoms with Crippen LogP contribution in [0.5, 0.6) is 0 Å². The minimum Gasteiger partial charge on any atom is -0.373 e. The number of urea groups is 1. The van der Waals surface area contributed by atoms with Crippen molar-refractivity contribution >= 4 is 74.6 Å². The maximum Gasteiger partial charge on any atom is 0.320 e. The number of piperidine rings is 3. The molecule has 0 N–H and O–H groups in total. The van der Waals surface area contributed by atoms with Gasteiger partial charge in [-0.05, 0) is 209 Å². The first-order chi connectivity index (χ1) is 49.1. The van der Waals surface area contributed by atoms with Gasteiger partial charge in [0.25, 0.3) is 10.2 Å². The van der Waals surface area contributed by atoms with Gasteiger partial charge in [0.05, 0.1) is 17.0 Å². The Kier molecular flexibility index (Phi) is 75.6. The molecule has 2 aliphatic carbocycles. The Morgan fingerprint density at radius 3 is 1.18 bits per heavy atom. The summed E-state index contributed by atoms with van der Waals surface area (Å²) >= 11 is 0. The fourth-order valence-corrected chi connectivity index (χ4v) is 23.1. The van der Waals surface area contributed by atoms with Crippen LogP contribution in [0.3, 0.4) is 0 Å². The molecule has 11 rings (SSSR count). The summed E-state index contributed by atoms with van der Waals surface area (Å²) in [6.07, 6.45) is 22.6. The predicted molar refractivity (Wildman–Crippen MR) is 469 cm³/mol. The van der Waals surface area contributed by atoms with Crippen molar-refractivity contribution in [3.05, 3.63) is 19.3 Å². The van der Waals surface area contributed by atoms with Gasteiger partial charge in [0, 0.05) is 172 Å². The molecule has 0 aromatic heterocycles. The van der Waals surface area contributed by atoms with Gasteiger partial charge in [-0.2, -0.15) is 21.3 Å². The van der Waals surface area contributed by atoms with Crippen molar-refractivity contribution in [3.8, 4) is 0 Å². The number of carbonyl (C=O) groups is 2. The standard InChI is InChI=1S/C13H23N.C12H23NOS.C10H18N2O.C9H18N2O2S.C7H14NO2S.C7H13NO.C6H13NO2S.9C2H6.2B.Y/c1-10(2)14-9-13-7-5-4-6-12(13)8-11(14)3;1-10(2)13-8-11-6-4-5-7-12(11)9-15(13,3)14;1-8(2)12-7-9-5-3-4-6-11(9)10(12)13;1-8(2)11-7-9-5-3-4-6-10(9)14(11,12)13;1-6(2)7-4-5-8(3)11(7,9)10;1-6(2)8-5-3-4-7(8)9;1-6(2)7-4-3-5-10(7,8)9;9*1-2;;;/h10,12-13H,3-9H2,1-2H3;10-12H,3-9H2,1-2H3;8-9H,3-7H2,1-2H3;8-9H,3-7H2,1-2H3;6-7H,3-5H2,1-2H3;6H,3-5H2,1-2H3;6H,3-5H2,1-2H3;9*1-2H3;;;/q;;;;-1;;;;;;;;;;;;;;. The molecule has 11 fully saturated rings. The van der Waals surface area contributed by atoms with E-state index in [9.17, 15) is 39.1 Å². The smallest absolute Gasteiger partial charge is 0.320 e. The number of hydrogen-bond acceptors (Lipinski definition) is 10. The predicted octanol–water partition coefficient (Wildman–Crippen LogP) is 18.8. The van der Waals surface area contributed by atoms with Gasteiger partial charge in [-0.3, -0.25) is 16.1 Å². The molecule has 2 saturated carbocycles. The second-order valence-corrected chi connectivity index (χ2v) is 36.9. The van der Waals surface area contributed by atoms with Crippen LogP contribution in [0, 0.1) is 36.6 Å². The van der Waals surface area contributed by atoms with E-state index in [2.05, 4.69) is 89.0 Å². The zero-order valence-corrected chi connectivity index (χ0v) is 82.1. The third-order valence-corrected chi connectivity index (χ3v) is 29.0. The maximum atomic E-state index is 12.4. The molecule has 0 aromatic carbocycles. The Labute approximate surface area is 698 Å². The molecule has 0 bridgehead atoms. The van der Waals surface area contributed by atoms with Crippen LogP contribution in [-0.4, -0.2) is 229 Å². The summed E-state index contributed by atoms with van der Waals surface area (Å²) in [6, 6.07) is 3.03. The van der Waals surface area contributed by atoms with Crippen LogP contribution in [0.2, 0.25) is 0 Å². The van der Waals surface area contributed by atoms with Crippen LogP contribution in [0.1, 0.15) is 344 Å². The zero-order valence-electron chi connectivity index (χ0n) is 76.0. The molecule has 9 aliphatic heterocycles. The summed E-state index contributed by atoms with van der Waals surface area (Å²) in [5.41, 5.74) is 1.39. The third kappa shape index (κ3) is 40.6. The van der Waals surface area contributed by atoms with E-state index in [1.54, 1.807) is 12.9 Å². The second kappa shape index (κ2) is 66.3. The number of fused-ring (bicyclic) bond motifs is 4. The monoisotopic (exact) mass is 1670 g/mol. The molecule has 0 spiro atoms. The first-order valence-electron chi connectivity index (χ1n) is 42.7. The molecular formula is C82H176B2N9O9S4Y-. The summed E-state index contributed by atoms with van der Waals surface area (Å²) in [5, 5.41) is -0.208. The van der Waals surface area contributed by atoms with Crippen LogP contribution < -0.4 is 0 Å². The molecule has 7 radical (unpaired) electrons. The van der Waals surface area contributed by atoms with E-state index in [1.807, 2.05) is 176 Å². The quantitative estimate of drug-likeness (QED) is 0.135. The number of amides is 3. The largest absolute Gasteiger partial charge is 0.373 e. The van der Waals surface area contributed by atoms with Gasteiger partial charge in [-0.1, -0.05) is 177 Å². The Morgan fingerprint density at radius 1 is 0.411 bits per heavy atom. The first-order valence-corrected chi connectivity index (χ1v) is 49.0. The van der Waals surface area contributed by atoms with Crippen molar-refractivity contribution in [2.75, 3.05) is 70.4 Å². The molecule has 25 heteroatoms. The summed E-state index contributed by atoms with van der Waals surface area (Å²) in [6.45, 7) is 76.8. The van der Waals surface area contributed by atoms with E-state index < -0.39 is 40.0 Å². The van der Waals surface area contributed by atoms with Gasteiger partial charge in [0.15, 0.2) is 10.0 Å². The van der Waals surface area contributed by atoms with Gasteiger partial charge in [0.2, 0.25) is 15.9 Å². The number of sulfonamides is 2. The van der Waals surface area contributed by atoms with Crippen LogP contribution in [0.25, 0.3) is 0 Å². The molecule has 9 saturated heterocycles. The van der Waals surface area contributed by atoms with Crippen LogP contribution >= 0.6 is 0 Å². The number of nitrogens with zero attached hydrogens (tertiary/aromatic N) is 9. The minimum atomic E-state index is -3.12. The number of allylic oxidation sites excluding steroid dienone is 1. The normalized spacial score (nSPS) is 26.1. The molecule has 18 nitrogen and oxygen atoms in total. The fourth-order valence-electron chi connectivity index (χ4n) is 14.9. The Morgan fingerprint density at radius 2 is 0.832 bits per heavy atom. The fraction of sp³-hybridized carbons (Fsp3) is 0.927. The summed E-state index contributed by atoms with van der Waals surface area (Å²) in [4.78, 5) is 31.3. The maximum absolute atomic E-state index is 12.4. The van der Waals surface area contributed by atoms with E-state index in [0.717, 1.165) is 94.8 Å². The van der Waals surface area contributed by atoms with Crippen molar-refractivity contribution in [2.45, 2.75) is 397 Å².